The molecule has 0 spiro atoms. The third kappa shape index (κ3) is 5.78. The van der Waals surface area contributed by atoms with Crippen LogP contribution in [-0.4, -0.2) is 49.7 Å². The second kappa shape index (κ2) is 10.9. The van der Waals surface area contributed by atoms with E-state index in [0.29, 0.717) is 12.2 Å². The lowest BCUT2D eigenvalue weighted by atomic mass is 9.99. The largest absolute Gasteiger partial charge is 0.353 e. The van der Waals surface area contributed by atoms with Crippen molar-refractivity contribution in [3.8, 4) is 33.6 Å². The number of hydrogen-bond donors (Lipinski definition) is 4. The summed E-state index contributed by atoms with van der Waals surface area (Å²) in [7, 11) is -1.41. The fourth-order valence-electron chi connectivity index (χ4n) is 4.98. The molecule has 6 rings (SSSR count). The predicted molar refractivity (Wildman–Crippen MR) is 172 cm³/mol. The minimum Gasteiger partial charge on any atom is -0.353 e. The summed E-state index contributed by atoms with van der Waals surface area (Å²) in [5.74, 6) is 7.84. The molecular weight excluding hydrogens is 533 g/mol. The van der Waals surface area contributed by atoms with E-state index in [1.165, 1.54) is 0 Å². The van der Waals surface area contributed by atoms with Crippen LogP contribution >= 0.6 is 9.39 Å². The van der Waals surface area contributed by atoms with Crippen molar-refractivity contribution < 1.29 is 4.39 Å². The van der Waals surface area contributed by atoms with Crippen LogP contribution in [0, 0.1) is 5.82 Å². The first-order valence-corrected chi connectivity index (χ1v) is 15.8. The van der Waals surface area contributed by atoms with Gasteiger partial charge in [-0.2, -0.15) is 14.5 Å². The molecule has 0 amide bonds. The van der Waals surface area contributed by atoms with E-state index in [4.69, 9.17) is 0 Å². The number of aromatic nitrogens is 5. The van der Waals surface area contributed by atoms with Crippen LogP contribution in [0.2, 0.25) is 0 Å². The van der Waals surface area contributed by atoms with Gasteiger partial charge in [0.15, 0.2) is 5.65 Å². The van der Waals surface area contributed by atoms with E-state index in [2.05, 4.69) is 72.1 Å². The van der Waals surface area contributed by atoms with Crippen molar-refractivity contribution in [2.45, 2.75) is 20.0 Å². The second-order valence-electron chi connectivity index (χ2n) is 10.4. The average molecular weight is 566 g/mol. The van der Waals surface area contributed by atoms with E-state index in [0.717, 1.165) is 74.1 Å². The summed E-state index contributed by atoms with van der Waals surface area (Å²) >= 11 is 0. The minimum atomic E-state index is -1.41. The Kier molecular flexibility index (Phi) is 7.17. The number of aromatic amines is 2. The smallest absolute Gasteiger partial charge is 0.181 e. The Morgan fingerprint density at radius 2 is 1.73 bits per heavy atom. The molecule has 4 aromatic heterocycles. The predicted octanol–water partition coefficient (Wildman–Crippen LogP) is 6.39. The Morgan fingerprint density at radius 3 is 2.56 bits per heavy atom. The van der Waals surface area contributed by atoms with E-state index in [1.54, 1.807) is 12.1 Å². The highest BCUT2D eigenvalue weighted by atomic mass is 32.2. The molecular formula is C32H32FN7S. The summed E-state index contributed by atoms with van der Waals surface area (Å²) < 4.78 is 18.0. The summed E-state index contributed by atoms with van der Waals surface area (Å²) in [5.41, 5.74) is 8.97. The molecule has 0 aliphatic heterocycles. The fraction of sp³-hybridized carbons (Fsp3) is 0.156. The zero-order chi connectivity index (χ0) is 28.6. The normalized spacial score (nSPS) is 12.0. The van der Waals surface area contributed by atoms with Gasteiger partial charge in [0, 0.05) is 59.1 Å². The van der Waals surface area contributed by atoms with Crippen molar-refractivity contribution in [1.82, 2.24) is 35.2 Å². The molecule has 2 aromatic carbocycles. The van der Waals surface area contributed by atoms with Crippen LogP contribution in [0.15, 0.2) is 73.2 Å². The molecule has 0 saturated carbocycles. The summed E-state index contributed by atoms with van der Waals surface area (Å²) in [5, 5.41) is 12.9. The van der Waals surface area contributed by atoms with Gasteiger partial charge in [0.2, 0.25) is 0 Å². The molecule has 0 unspecified atom stereocenters. The van der Waals surface area contributed by atoms with Crippen LogP contribution in [0.25, 0.3) is 55.6 Å². The zero-order valence-electron chi connectivity index (χ0n) is 23.1. The van der Waals surface area contributed by atoms with Crippen molar-refractivity contribution in [3.05, 3.63) is 90.1 Å². The molecule has 7 nitrogen and oxygen atoms in total. The Labute approximate surface area is 238 Å². The molecule has 9 heteroatoms. The highest BCUT2D eigenvalue weighted by molar-refractivity contribution is 8.25. The van der Waals surface area contributed by atoms with Crippen LogP contribution in [0.1, 0.15) is 18.1 Å². The number of fused-ring (bicyclic) bond motifs is 2. The Morgan fingerprint density at radius 1 is 0.902 bits per heavy atom. The maximum absolute atomic E-state index is 14.7. The fourth-order valence-corrected chi connectivity index (χ4v) is 5.50. The van der Waals surface area contributed by atoms with Crippen LogP contribution in [0.4, 0.5) is 4.39 Å². The van der Waals surface area contributed by atoms with Crippen LogP contribution in [0.3, 0.4) is 0 Å². The average Bonchev–Trinajstić information content (AvgIpc) is 3.58. The van der Waals surface area contributed by atoms with E-state index in [1.807, 2.05) is 49.1 Å². The molecule has 41 heavy (non-hydrogen) atoms. The molecule has 4 heterocycles. The summed E-state index contributed by atoms with van der Waals surface area (Å²) in [4.78, 5) is 12.6. The number of pyridine rings is 2. The highest BCUT2D eigenvalue weighted by Crippen LogP contribution is 2.35. The molecule has 0 radical (unpaired) electrons. The SMILES string of the molecule is C=S(=C)(C)NCc1cc(F)cc(-c2cccc3[nH]c(-c4[nH]nc5ncc(-c6cncc(CNCC)c6)cc45)cc23)c1. The molecule has 0 atom stereocenters. The number of halogens is 1. The van der Waals surface area contributed by atoms with Crippen molar-refractivity contribution in [3.63, 3.8) is 0 Å². The highest BCUT2D eigenvalue weighted by Gasteiger charge is 2.15. The van der Waals surface area contributed by atoms with E-state index in [-0.39, 0.29) is 5.82 Å². The molecule has 0 aliphatic carbocycles. The maximum atomic E-state index is 14.7. The first kappa shape index (κ1) is 26.9. The van der Waals surface area contributed by atoms with Gasteiger partial charge in [-0.25, -0.2) is 9.37 Å². The number of hydrogen-bond acceptors (Lipinski definition) is 5. The van der Waals surface area contributed by atoms with Gasteiger partial charge in [0.1, 0.15) is 5.82 Å². The van der Waals surface area contributed by atoms with E-state index in [9.17, 15) is 4.39 Å². The lowest BCUT2D eigenvalue weighted by molar-refractivity contribution is 0.625. The minimum absolute atomic E-state index is 0.279. The third-order valence-corrected chi connectivity index (χ3v) is 7.79. The monoisotopic (exact) mass is 565 g/mol. The van der Waals surface area contributed by atoms with Gasteiger partial charge in [-0.3, -0.25) is 14.8 Å². The van der Waals surface area contributed by atoms with Gasteiger partial charge in [0.25, 0.3) is 0 Å². The van der Waals surface area contributed by atoms with Crippen LogP contribution < -0.4 is 10.0 Å². The maximum Gasteiger partial charge on any atom is 0.181 e. The Hall–Kier alpha value is -4.31. The number of H-pyrrole nitrogens is 2. The van der Waals surface area contributed by atoms with Gasteiger partial charge < -0.3 is 10.3 Å². The van der Waals surface area contributed by atoms with E-state index >= 15 is 0 Å². The van der Waals surface area contributed by atoms with Crippen molar-refractivity contribution >= 4 is 43.1 Å². The molecule has 0 saturated heterocycles. The molecule has 208 valence electrons. The second-order valence-corrected chi connectivity index (χ2v) is 13.3. The lowest BCUT2D eigenvalue weighted by Gasteiger charge is -2.12. The van der Waals surface area contributed by atoms with Gasteiger partial charge >= 0.3 is 0 Å². The van der Waals surface area contributed by atoms with Crippen molar-refractivity contribution in [2.75, 3.05) is 12.8 Å². The quantitative estimate of drug-likeness (QED) is 0.153. The number of nitrogens with zero attached hydrogens (tertiary/aromatic N) is 3. The van der Waals surface area contributed by atoms with E-state index < -0.39 is 9.39 Å². The molecule has 0 bridgehead atoms. The van der Waals surface area contributed by atoms with Crippen molar-refractivity contribution in [2.24, 2.45) is 0 Å². The van der Waals surface area contributed by atoms with Gasteiger partial charge in [-0.15, -0.1) is 0 Å². The standard InChI is InChI=1S/C32H32FN7S/c1-5-34-15-21-10-23(18-35-16-21)24-13-28-31(39-40-32(28)36-19-24)30-14-27-26(7-6-8-29(27)38-30)22-9-20(11-25(33)12-22)17-37-41(2,3)4/h6-14,16,18-19,34,37-38H,2-3,5,15,17H2,1,4H3,(H,36,39,40). The summed E-state index contributed by atoms with van der Waals surface area (Å²) in [6, 6.07) is 17.5. The van der Waals surface area contributed by atoms with Gasteiger partial charge in [-0.05, 0) is 77.5 Å². The number of rotatable bonds is 9. The van der Waals surface area contributed by atoms with Gasteiger partial charge in [-0.1, -0.05) is 30.8 Å². The Bertz CT molecular complexity index is 1990. The third-order valence-electron chi connectivity index (χ3n) is 6.94. The molecule has 6 aromatic rings. The van der Waals surface area contributed by atoms with Crippen LogP contribution in [0.5, 0.6) is 0 Å². The van der Waals surface area contributed by atoms with Crippen LogP contribution in [-0.2, 0) is 13.1 Å². The Balaban J connectivity index is 1.39. The number of nitrogens with one attached hydrogen (secondary N) is 4. The molecule has 4 N–H and O–H groups in total. The zero-order valence-corrected chi connectivity index (χ0v) is 23.9. The number of benzene rings is 2. The first-order chi connectivity index (χ1) is 19.8. The first-order valence-electron chi connectivity index (χ1n) is 13.4. The van der Waals surface area contributed by atoms with Crippen molar-refractivity contribution in [1.29, 1.82) is 0 Å². The lowest BCUT2D eigenvalue weighted by Crippen LogP contribution is -2.11. The van der Waals surface area contributed by atoms with Gasteiger partial charge in [0.05, 0.1) is 11.4 Å². The molecule has 0 fully saturated rings. The summed E-state index contributed by atoms with van der Waals surface area (Å²) in [6.45, 7) is 4.24. The molecule has 0 aliphatic rings. The summed E-state index contributed by atoms with van der Waals surface area (Å²) in [6.07, 6.45) is 7.52. The topological polar surface area (TPSA) is 94.3 Å².